The molecule has 1 aromatic heterocycles. The summed E-state index contributed by atoms with van der Waals surface area (Å²) in [7, 11) is 0. The third-order valence-electron chi connectivity index (χ3n) is 2.77. The second-order valence-electron chi connectivity index (χ2n) is 4.08. The molecular formula is C10H16N2O2S. The second kappa shape index (κ2) is 4.17. The van der Waals surface area contributed by atoms with Crippen LogP contribution in [0.15, 0.2) is 0 Å². The van der Waals surface area contributed by atoms with Gasteiger partial charge in [0.2, 0.25) is 0 Å². The van der Waals surface area contributed by atoms with Crippen LogP contribution in [-0.4, -0.2) is 45.4 Å². The predicted molar refractivity (Wildman–Crippen MR) is 58.9 cm³/mol. The summed E-state index contributed by atoms with van der Waals surface area (Å²) < 4.78 is 0. The molecule has 2 unspecified atom stereocenters. The van der Waals surface area contributed by atoms with Crippen molar-refractivity contribution in [2.45, 2.75) is 32.6 Å². The number of hydrogen-bond donors (Lipinski definition) is 2. The van der Waals surface area contributed by atoms with Gasteiger partial charge in [0.1, 0.15) is 5.01 Å². The van der Waals surface area contributed by atoms with E-state index in [1.54, 1.807) is 11.3 Å². The lowest BCUT2D eigenvalue weighted by Gasteiger charge is -2.11. The summed E-state index contributed by atoms with van der Waals surface area (Å²) in [5.74, 6) is 0. The van der Waals surface area contributed by atoms with Crippen LogP contribution in [0.4, 0.5) is 0 Å². The molecule has 1 aromatic rings. The quantitative estimate of drug-likeness (QED) is 0.764. The average Bonchev–Trinajstić information content (AvgIpc) is 2.59. The fraction of sp³-hybridized carbons (Fsp3) is 0.700. The van der Waals surface area contributed by atoms with E-state index in [1.807, 2.05) is 11.8 Å². The molecule has 0 aliphatic carbocycles. The molecule has 15 heavy (non-hydrogen) atoms. The highest BCUT2D eigenvalue weighted by atomic mass is 32.1. The largest absolute Gasteiger partial charge is 0.389 e. The maximum atomic E-state index is 9.40. The van der Waals surface area contributed by atoms with E-state index in [1.165, 1.54) is 4.88 Å². The van der Waals surface area contributed by atoms with Crippen molar-refractivity contribution < 1.29 is 10.2 Å². The van der Waals surface area contributed by atoms with E-state index in [-0.39, 0.29) is 0 Å². The van der Waals surface area contributed by atoms with Gasteiger partial charge in [-0.2, -0.15) is 0 Å². The Bertz CT molecular complexity index is 324. The zero-order valence-electron chi connectivity index (χ0n) is 8.97. The van der Waals surface area contributed by atoms with Crippen LogP contribution in [0.1, 0.15) is 15.6 Å². The van der Waals surface area contributed by atoms with Gasteiger partial charge in [-0.25, -0.2) is 4.98 Å². The Morgan fingerprint density at radius 1 is 1.33 bits per heavy atom. The van der Waals surface area contributed by atoms with Crippen LogP contribution < -0.4 is 0 Å². The topological polar surface area (TPSA) is 56.6 Å². The van der Waals surface area contributed by atoms with E-state index in [0.717, 1.165) is 17.2 Å². The van der Waals surface area contributed by atoms with Gasteiger partial charge in [-0.1, -0.05) is 0 Å². The minimum Gasteiger partial charge on any atom is -0.389 e. The summed E-state index contributed by atoms with van der Waals surface area (Å²) in [6, 6.07) is 0. The molecule has 0 saturated carbocycles. The summed E-state index contributed by atoms with van der Waals surface area (Å²) >= 11 is 1.69. The van der Waals surface area contributed by atoms with Gasteiger partial charge in [-0.15, -0.1) is 11.3 Å². The zero-order valence-corrected chi connectivity index (χ0v) is 9.79. The highest BCUT2D eigenvalue weighted by molar-refractivity contribution is 7.11. The number of hydrogen-bond acceptors (Lipinski definition) is 5. The molecule has 0 amide bonds. The van der Waals surface area contributed by atoms with Crippen molar-refractivity contribution in [1.29, 1.82) is 0 Å². The van der Waals surface area contributed by atoms with E-state index in [0.29, 0.717) is 13.1 Å². The predicted octanol–water partition coefficient (Wildman–Crippen LogP) is 0.297. The Morgan fingerprint density at radius 3 is 2.40 bits per heavy atom. The van der Waals surface area contributed by atoms with E-state index in [2.05, 4.69) is 11.9 Å². The van der Waals surface area contributed by atoms with Crippen LogP contribution in [0.25, 0.3) is 0 Å². The van der Waals surface area contributed by atoms with Crippen molar-refractivity contribution in [2.24, 2.45) is 0 Å². The molecule has 1 fully saturated rings. The molecule has 0 bridgehead atoms. The molecule has 1 saturated heterocycles. The number of thiazole rings is 1. The second-order valence-corrected chi connectivity index (χ2v) is 5.37. The Kier molecular flexibility index (Phi) is 3.06. The van der Waals surface area contributed by atoms with Gasteiger partial charge in [-0.05, 0) is 13.8 Å². The molecule has 0 aromatic carbocycles. The lowest BCUT2D eigenvalue weighted by molar-refractivity contribution is 0.0572. The zero-order chi connectivity index (χ0) is 11.0. The van der Waals surface area contributed by atoms with E-state index >= 15 is 0 Å². The van der Waals surface area contributed by atoms with E-state index in [4.69, 9.17) is 0 Å². The lowest BCUT2D eigenvalue weighted by atomic mass is 10.3. The standard InChI is InChI=1S/C10H16N2O2S/c1-6-7(2)15-10(11-6)5-12-3-8(13)9(14)4-12/h8-9,13-14H,3-5H2,1-2H3. The van der Waals surface area contributed by atoms with Crippen LogP contribution in [0.2, 0.25) is 0 Å². The van der Waals surface area contributed by atoms with E-state index < -0.39 is 12.2 Å². The highest BCUT2D eigenvalue weighted by Crippen LogP contribution is 2.20. The van der Waals surface area contributed by atoms with Gasteiger partial charge in [0, 0.05) is 18.0 Å². The molecule has 2 atom stereocenters. The molecule has 2 rings (SSSR count). The van der Waals surface area contributed by atoms with Gasteiger partial charge >= 0.3 is 0 Å². The minimum absolute atomic E-state index is 0.541. The van der Waals surface area contributed by atoms with Crippen molar-refractivity contribution in [2.75, 3.05) is 13.1 Å². The molecule has 2 N–H and O–H groups in total. The number of likely N-dealkylation sites (tertiary alicyclic amines) is 1. The Morgan fingerprint density at radius 2 is 1.93 bits per heavy atom. The SMILES string of the molecule is Cc1nc(CN2CC(O)C(O)C2)sc1C. The number of β-amino-alcohol motifs (C(OH)–C–C–N with tert-alkyl or cyclic N) is 2. The number of aromatic nitrogens is 1. The van der Waals surface area contributed by atoms with Crippen molar-refractivity contribution >= 4 is 11.3 Å². The van der Waals surface area contributed by atoms with Gasteiger partial charge in [0.25, 0.3) is 0 Å². The number of rotatable bonds is 2. The minimum atomic E-state index is -0.604. The molecule has 1 aliphatic heterocycles. The van der Waals surface area contributed by atoms with Crippen LogP contribution >= 0.6 is 11.3 Å². The monoisotopic (exact) mass is 228 g/mol. The first kappa shape index (κ1) is 11.0. The first-order chi connectivity index (χ1) is 7.06. The van der Waals surface area contributed by atoms with Crippen molar-refractivity contribution in [3.8, 4) is 0 Å². The molecule has 2 heterocycles. The third-order valence-corrected chi connectivity index (χ3v) is 3.82. The summed E-state index contributed by atoms with van der Waals surface area (Å²) in [6.45, 7) is 5.87. The summed E-state index contributed by atoms with van der Waals surface area (Å²) in [6.07, 6.45) is -1.21. The van der Waals surface area contributed by atoms with Crippen LogP contribution in [0, 0.1) is 13.8 Å². The average molecular weight is 228 g/mol. The first-order valence-corrected chi connectivity index (χ1v) is 5.89. The highest BCUT2D eigenvalue weighted by Gasteiger charge is 2.29. The molecule has 0 spiro atoms. The van der Waals surface area contributed by atoms with Gasteiger partial charge in [-0.3, -0.25) is 4.90 Å². The fourth-order valence-corrected chi connectivity index (χ4v) is 2.75. The fourth-order valence-electron chi connectivity index (χ4n) is 1.77. The Hall–Kier alpha value is -0.490. The van der Waals surface area contributed by atoms with Gasteiger partial charge in [0.15, 0.2) is 0 Å². The van der Waals surface area contributed by atoms with Crippen molar-refractivity contribution in [1.82, 2.24) is 9.88 Å². The van der Waals surface area contributed by atoms with Crippen LogP contribution in [-0.2, 0) is 6.54 Å². The number of aliphatic hydroxyl groups is 2. The summed E-state index contributed by atoms with van der Waals surface area (Å²) in [5, 5.41) is 19.9. The van der Waals surface area contributed by atoms with Gasteiger partial charge in [0.05, 0.1) is 24.4 Å². The normalized spacial score (nSPS) is 27.5. The molecule has 4 nitrogen and oxygen atoms in total. The van der Waals surface area contributed by atoms with Crippen LogP contribution in [0.5, 0.6) is 0 Å². The van der Waals surface area contributed by atoms with Crippen molar-refractivity contribution in [3.63, 3.8) is 0 Å². The Labute approximate surface area is 93.2 Å². The molecule has 0 radical (unpaired) electrons. The first-order valence-electron chi connectivity index (χ1n) is 5.07. The maximum absolute atomic E-state index is 9.40. The number of aliphatic hydroxyl groups excluding tert-OH is 2. The van der Waals surface area contributed by atoms with Crippen LogP contribution in [0.3, 0.4) is 0 Å². The summed E-state index contributed by atoms with van der Waals surface area (Å²) in [5.41, 5.74) is 1.08. The lowest BCUT2D eigenvalue weighted by Crippen LogP contribution is -2.22. The molecule has 1 aliphatic rings. The smallest absolute Gasteiger partial charge is 0.107 e. The third kappa shape index (κ3) is 2.36. The molecule has 84 valence electrons. The summed E-state index contributed by atoms with van der Waals surface area (Å²) in [4.78, 5) is 7.71. The Balaban J connectivity index is 1.98. The van der Waals surface area contributed by atoms with E-state index in [9.17, 15) is 10.2 Å². The van der Waals surface area contributed by atoms with Crippen molar-refractivity contribution in [3.05, 3.63) is 15.6 Å². The van der Waals surface area contributed by atoms with Gasteiger partial charge < -0.3 is 10.2 Å². The molecular weight excluding hydrogens is 212 g/mol. The molecule has 5 heteroatoms. The number of aryl methyl sites for hydroxylation is 2. The maximum Gasteiger partial charge on any atom is 0.107 e. The number of nitrogens with zero attached hydrogens (tertiary/aromatic N) is 2.